The van der Waals surface area contributed by atoms with Crippen LogP contribution in [0, 0.1) is 11.3 Å². The van der Waals surface area contributed by atoms with Crippen LogP contribution in [-0.4, -0.2) is 19.0 Å². The fourth-order valence-corrected chi connectivity index (χ4v) is 2.49. The van der Waals surface area contributed by atoms with E-state index in [0.29, 0.717) is 17.3 Å². The average molecular weight is 239 g/mol. The minimum Gasteiger partial charge on any atom is -0.370 e. The Balaban J connectivity index is 2.26. The fourth-order valence-electron chi connectivity index (χ4n) is 2.49. The first-order valence-corrected chi connectivity index (χ1v) is 7.12. The summed E-state index contributed by atoms with van der Waals surface area (Å²) in [4.78, 5) is 4.52. The molecule has 0 bridgehead atoms. The van der Waals surface area contributed by atoms with Gasteiger partial charge in [-0.1, -0.05) is 33.6 Å². The molecule has 0 aromatic rings. The highest BCUT2D eigenvalue weighted by molar-refractivity contribution is 5.77. The number of aliphatic imine (C=N–C) groups is 1. The zero-order valence-electron chi connectivity index (χ0n) is 11.8. The molecule has 0 spiro atoms. The predicted octanol–water partition coefficient (Wildman–Crippen LogP) is 2.91. The van der Waals surface area contributed by atoms with E-state index in [9.17, 15) is 0 Å². The summed E-state index contributed by atoms with van der Waals surface area (Å²) in [6.07, 6.45) is 7.76. The quantitative estimate of drug-likeness (QED) is 0.530. The Kier molecular flexibility index (Phi) is 5.79. The molecule has 0 aromatic carbocycles. The Bertz CT molecular complexity index is 242. The Morgan fingerprint density at radius 3 is 2.59 bits per heavy atom. The molecular weight excluding hydrogens is 210 g/mol. The van der Waals surface area contributed by atoms with Crippen LogP contribution in [0.5, 0.6) is 0 Å². The highest BCUT2D eigenvalue weighted by atomic mass is 15.1. The molecule has 17 heavy (non-hydrogen) atoms. The van der Waals surface area contributed by atoms with Crippen molar-refractivity contribution in [2.45, 2.75) is 59.3 Å². The molecule has 3 N–H and O–H groups in total. The van der Waals surface area contributed by atoms with Crippen molar-refractivity contribution < 1.29 is 0 Å². The van der Waals surface area contributed by atoms with Crippen LogP contribution >= 0.6 is 0 Å². The van der Waals surface area contributed by atoms with E-state index in [1.54, 1.807) is 0 Å². The molecule has 0 aromatic heterocycles. The molecule has 0 aliphatic heterocycles. The van der Waals surface area contributed by atoms with Crippen LogP contribution in [0.25, 0.3) is 0 Å². The largest absolute Gasteiger partial charge is 0.370 e. The summed E-state index contributed by atoms with van der Waals surface area (Å²) in [5.74, 6) is 1.35. The number of hydrogen-bond donors (Lipinski definition) is 2. The monoisotopic (exact) mass is 239 g/mol. The third-order valence-electron chi connectivity index (χ3n) is 3.81. The predicted molar refractivity (Wildman–Crippen MR) is 75.1 cm³/mol. The van der Waals surface area contributed by atoms with Gasteiger partial charge in [0.2, 0.25) is 0 Å². The first-order valence-electron chi connectivity index (χ1n) is 7.12. The molecule has 0 unspecified atom stereocenters. The minimum absolute atomic E-state index is 0.485. The number of nitrogens with zero attached hydrogens (tertiary/aromatic N) is 1. The van der Waals surface area contributed by atoms with Gasteiger partial charge >= 0.3 is 0 Å². The summed E-state index contributed by atoms with van der Waals surface area (Å²) in [5.41, 5.74) is 6.37. The first kappa shape index (κ1) is 14.3. The highest BCUT2D eigenvalue weighted by Crippen LogP contribution is 2.44. The van der Waals surface area contributed by atoms with E-state index in [1.807, 2.05) is 0 Å². The van der Waals surface area contributed by atoms with Crippen LogP contribution in [0.2, 0.25) is 0 Å². The van der Waals surface area contributed by atoms with Crippen molar-refractivity contribution in [3.63, 3.8) is 0 Å². The second-order valence-electron chi connectivity index (χ2n) is 5.91. The molecule has 3 nitrogen and oxygen atoms in total. The second-order valence-corrected chi connectivity index (χ2v) is 5.91. The minimum atomic E-state index is 0.485. The zero-order valence-corrected chi connectivity index (χ0v) is 11.8. The van der Waals surface area contributed by atoms with Gasteiger partial charge in [-0.05, 0) is 37.0 Å². The van der Waals surface area contributed by atoms with Gasteiger partial charge < -0.3 is 11.1 Å². The number of nitrogens with one attached hydrogen (secondary N) is 1. The van der Waals surface area contributed by atoms with Crippen molar-refractivity contribution in [3.8, 4) is 0 Å². The maximum atomic E-state index is 5.88. The van der Waals surface area contributed by atoms with E-state index in [4.69, 9.17) is 5.73 Å². The number of nitrogens with two attached hydrogens (primary N) is 1. The van der Waals surface area contributed by atoms with E-state index < -0.39 is 0 Å². The standard InChI is InChI=1S/C14H29N3/c1-4-7-14(8-5-9-14)11-17-13(15)16-10-6-12(2)3/h12H,4-11H2,1-3H3,(H3,15,16,17). The van der Waals surface area contributed by atoms with Crippen LogP contribution in [0.15, 0.2) is 4.99 Å². The van der Waals surface area contributed by atoms with Gasteiger partial charge in [-0.2, -0.15) is 0 Å². The topological polar surface area (TPSA) is 50.4 Å². The van der Waals surface area contributed by atoms with Gasteiger partial charge in [-0.15, -0.1) is 0 Å². The Morgan fingerprint density at radius 1 is 1.41 bits per heavy atom. The summed E-state index contributed by atoms with van der Waals surface area (Å²) in [6, 6.07) is 0. The molecular formula is C14H29N3. The van der Waals surface area contributed by atoms with Crippen molar-refractivity contribution in [2.75, 3.05) is 13.1 Å². The average Bonchev–Trinajstić information content (AvgIpc) is 2.21. The molecule has 100 valence electrons. The molecule has 1 rings (SSSR count). The van der Waals surface area contributed by atoms with Crippen LogP contribution in [0.1, 0.15) is 59.3 Å². The summed E-state index contributed by atoms with van der Waals surface area (Å²) in [5, 5.41) is 3.20. The SMILES string of the molecule is CCCC1(CN=C(N)NCCC(C)C)CCC1. The molecule has 1 aliphatic rings. The van der Waals surface area contributed by atoms with Gasteiger partial charge in [0, 0.05) is 13.1 Å². The lowest BCUT2D eigenvalue weighted by Gasteiger charge is -2.40. The first-order chi connectivity index (χ1) is 8.08. The molecule has 1 saturated carbocycles. The summed E-state index contributed by atoms with van der Waals surface area (Å²) >= 11 is 0. The van der Waals surface area contributed by atoms with E-state index in [2.05, 4.69) is 31.1 Å². The Morgan fingerprint density at radius 2 is 2.12 bits per heavy atom. The highest BCUT2D eigenvalue weighted by Gasteiger charge is 2.35. The van der Waals surface area contributed by atoms with Crippen molar-refractivity contribution in [1.82, 2.24) is 5.32 Å². The van der Waals surface area contributed by atoms with Crippen LogP contribution in [-0.2, 0) is 0 Å². The van der Waals surface area contributed by atoms with Crippen molar-refractivity contribution >= 4 is 5.96 Å². The molecule has 0 amide bonds. The van der Waals surface area contributed by atoms with Crippen molar-refractivity contribution in [3.05, 3.63) is 0 Å². The summed E-state index contributed by atoms with van der Waals surface area (Å²) in [7, 11) is 0. The van der Waals surface area contributed by atoms with Gasteiger partial charge in [-0.25, -0.2) is 0 Å². The molecule has 0 radical (unpaired) electrons. The van der Waals surface area contributed by atoms with Crippen LogP contribution in [0.4, 0.5) is 0 Å². The smallest absolute Gasteiger partial charge is 0.188 e. The molecule has 1 fully saturated rings. The third-order valence-corrected chi connectivity index (χ3v) is 3.81. The zero-order chi connectivity index (χ0) is 12.7. The molecule has 1 aliphatic carbocycles. The second kappa shape index (κ2) is 6.87. The van der Waals surface area contributed by atoms with E-state index >= 15 is 0 Å². The lowest BCUT2D eigenvalue weighted by Crippen LogP contribution is -2.37. The lowest BCUT2D eigenvalue weighted by atomic mass is 9.66. The van der Waals surface area contributed by atoms with Gasteiger partial charge in [0.25, 0.3) is 0 Å². The summed E-state index contributed by atoms with van der Waals surface area (Å²) in [6.45, 7) is 8.56. The normalized spacial score (nSPS) is 19.2. The van der Waals surface area contributed by atoms with Crippen molar-refractivity contribution in [2.24, 2.45) is 22.1 Å². The molecule has 0 heterocycles. The van der Waals surface area contributed by atoms with E-state index in [-0.39, 0.29) is 0 Å². The van der Waals surface area contributed by atoms with Crippen LogP contribution < -0.4 is 11.1 Å². The number of hydrogen-bond acceptors (Lipinski definition) is 1. The lowest BCUT2D eigenvalue weighted by molar-refractivity contribution is 0.130. The molecule has 3 heteroatoms. The van der Waals surface area contributed by atoms with Crippen LogP contribution in [0.3, 0.4) is 0 Å². The number of rotatable bonds is 7. The molecule has 0 atom stereocenters. The van der Waals surface area contributed by atoms with Gasteiger partial charge in [0.15, 0.2) is 5.96 Å². The third kappa shape index (κ3) is 4.97. The number of guanidine groups is 1. The fraction of sp³-hybridized carbons (Fsp3) is 0.929. The Hall–Kier alpha value is -0.730. The summed E-state index contributed by atoms with van der Waals surface area (Å²) < 4.78 is 0. The maximum absolute atomic E-state index is 5.88. The van der Waals surface area contributed by atoms with Crippen molar-refractivity contribution in [1.29, 1.82) is 0 Å². The maximum Gasteiger partial charge on any atom is 0.188 e. The Labute approximate surface area is 106 Å². The van der Waals surface area contributed by atoms with Gasteiger partial charge in [0.1, 0.15) is 0 Å². The van der Waals surface area contributed by atoms with Gasteiger partial charge in [0.05, 0.1) is 0 Å². The van der Waals surface area contributed by atoms with Gasteiger partial charge in [-0.3, -0.25) is 4.99 Å². The van der Waals surface area contributed by atoms with E-state index in [1.165, 1.54) is 32.1 Å². The molecule has 0 saturated heterocycles. The van der Waals surface area contributed by atoms with E-state index in [0.717, 1.165) is 19.5 Å².